The smallest absolute Gasteiger partial charge is 0.123 e. The van der Waals surface area contributed by atoms with E-state index >= 15 is 0 Å². The average Bonchev–Trinajstić information content (AvgIpc) is 2.54. The van der Waals surface area contributed by atoms with Gasteiger partial charge in [0.1, 0.15) is 5.82 Å². The van der Waals surface area contributed by atoms with Gasteiger partial charge in [-0.05, 0) is 37.8 Å². The maximum absolute atomic E-state index is 5.86. The van der Waals surface area contributed by atoms with Crippen molar-refractivity contribution in [3.8, 4) is 0 Å². The summed E-state index contributed by atoms with van der Waals surface area (Å²) in [5.74, 6) is 0.653. The summed E-state index contributed by atoms with van der Waals surface area (Å²) >= 11 is 0. The second-order valence-corrected chi connectivity index (χ2v) is 6.81. The summed E-state index contributed by atoms with van der Waals surface area (Å²) in [6.07, 6.45) is 13.9. The fraction of sp³-hybridized carbons (Fsp3) is 0.722. The largest absolute Gasteiger partial charge is 0.384 e. The molecule has 1 heterocycles. The third-order valence-electron chi connectivity index (χ3n) is 5.26. The van der Waals surface area contributed by atoms with Crippen molar-refractivity contribution >= 4 is 5.82 Å². The summed E-state index contributed by atoms with van der Waals surface area (Å²) in [6, 6.07) is 7.59. The number of anilines is 1. The Hall–Kier alpha value is -1.09. The van der Waals surface area contributed by atoms with Gasteiger partial charge in [0.25, 0.3) is 0 Å². The lowest BCUT2D eigenvalue weighted by Gasteiger charge is -2.41. The van der Waals surface area contributed by atoms with E-state index in [4.69, 9.17) is 5.73 Å². The summed E-state index contributed by atoms with van der Waals surface area (Å²) < 4.78 is 0. The van der Waals surface area contributed by atoms with Crippen LogP contribution in [0, 0.1) is 0 Å². The van der Waals surface area contributed by atoms with Gasteiger partial charge in [0.05, 0.1) is 5.69 Å². The molecule has 2 aliphatic rings. The van der Waals surface area contributed by atoms with Crippen molar-refractivity contribution in [3.63, 3.8) is 0 Å². The standard InChI is InChI=1S/C18H29N3/c19-18-13-7-8-15(20-18)14-21(16-9-3-1-4-10-16)17-11-5-2-6-12-17/h7-8,13,16-17H,1-6,9-12,14H2,(H2,19,20). The molecular formula is C18H29N3. The van der Waals surface area contributed by atoms with Crippen LogP contribution in [0.5, 0.6) is 0 Å². The highest BCUT2D eigenvalue weighted by Gasteiger charge is 2.29. The topological polar surface area (TPSA) is 42.1 Å². The molecule has 2 N–H and O–H groups in total. The van der Waals surface area contributed by atoms with Gasteiger partial charge in [-0.2, -0.15) is 0 Å². The Labute approximate surface area is 128 Å². The van der Waals surface area contributed by atoms with Gasteiger partial charge < -0.3 is 5.73 Å². The number of rotatable bonds is 4. The minimum Gasteiger partial charge on any atom is -0.384 e. The molecule has 3 rings (SSSR count). The lowest BCUT2D eigenvalue weighted by molar-refractivity contribution is 0.0719. The third-order valence-corrected chi connectivity index (χ3v) is 5.26. The lowest BCUT2D eigenvalue weighted by Crippen LogP contribution is -2.44. The Balaban J connectivity index is 1.73. The van der Waals surface area contributed by atoms with E-state index in [2.05, 4.69) is 16.0 Å². The highest BCUT2D eigenvalue weighted by atomic mass is 15.2. The predicted octanol–water partition coefficient (Wildman–Crippen LogP) is 4.13. The van der Waals surface area contributed by atoms with Crippen LogP contribution in [0.4, 0.5) is 5.82 Å². The first-order valence-corrected chi connectivity index (χ1v) is 8.80. The van der Waals surface area contributed by atoms with E-state index in [9.17, 15) is 0 Å². The van der Waals surface area contributed by atoms with Crippen molar-refractivity contribution in [1.29, 1.82) is 0 Å². The first-order valence-electron chi connectivity index (χ1n) is 8.80. The maximum atomic E-state index is 5.86. The van der Waals surface area contributed by atoms with E-state index < -0.39 is 0 Å². The molecule has 3 nitrogen and oxygen atoms in total. The summed E-state index contributed by atoms with van der Waals surface area (Å²) in [4.78, 5) is 7.32. The Morgan fingerprint density at radius 2 is 1.48 bits per heavy atom. The number of pyridine rings is 1. The molecule has 0 atom stereocenters. The molecule has 0 aliphatic heterocycles. The van der Waals surface area contributed by atoms with Gasteiger partial charge in [-0.1, -0.05) is 44.6 Å². The van der Waals surface area contributed by atoms with Gasteiger partial charge >= 0.3 is 0 Å². The van der Waals surface area contributed by atoms with E-state index in [-0.39, 0.29) is 0 Å². The summed E-state index contributed by atoms with van der Waals surface area (Å²) in [7, 11) is 0. The highest BCUT2D eigenvalue weighted by Crippen LogP contribution is 2.31. The molecule has 2 saturated carbocycles. The number of nitrogens with zero attached hydrogens (tertiary/aromatic N) is 2. The molecule has 1 aromatic heterocycles. The molecule has 2 fully saturated rings. The fourth-order valence-corrected chi connectivity index (χ4v) is 4.15. The van der Waals surface area contributed by atoms with Crippen molar-refractivity contribution < 1.29 is 0 Å². The molecule has 0 saturated heterocycles. The van der Waals surface area contributed by atoms with E-state index in [0.717, 1.165) is 24.3 Å². The molecule has 0 amide bonds. The zero-order valence-electron chi connectivity index (χ0n) is 13.1. The number of hydrogen-bond acceptors (Lipinski definition) is 3. The first-order chi connectivity index (χ1) is 10.3. The molecule has 1 aromatic rings. The van der Waals surface area contributed by atoms with Crippen LogP contribution in [0.3, 0.4) is 0 Å². The van der Waals surface area contributed by atoms with Gasteiger partial charge in [-0.15, -0.1) is 0 Å². The van der Waals surface area contributed by atoms with E-state index in [1.54, 1.807) is 0 Å². The molecule has 2 aliphatic carbocycles. The number of hydrogen-bond donors (Lipinski definition) is 1. The Morgan fingerprint density at radius 3 is 2.00 bits per heavy atom. The molecule has 0 spiro atoms. The fourth-order valence-electron chi connectivity index (χ4n) is 4.15. The van der Waals surface area contributed by atoms with Crippen LogP contribution < -0.4 is 5.73 Å². The third kappa shape index (κ3) is 3.97. The highest BCUT2D eigenvalue weighted by molar-refractivity contribution is 5.28. The molecule has 0 bridgehead atoms. The first kappa shape index (κ1) is 14.8. The normalized spacial score (nSPS) is 21.8. The minimum absolute atomic E-state index is 0.653. The zero-order valence-corrected chi connectivity index (χ0v) is 13.1. The lowest BCUT2D eigenvalue weighted by atomic mass is 9.88. The van der Waals surface area contributed by atoms with Crippen LogP contribution in [0.1, 0.15) is 69.9 Å². The van der Waals surface area contributed by atoms with E-state index in [1.165, 1.54) is 64.2 Å². The predicted molar refractivity (Wildman–Crippen MR) is 87.9 cm³/mol. The van der Waals surface area contributed by atoms with Gasteiger partial charge in [0.2, 0.25) is 0 Å². The van der Waals surface area contributed by atoms with Gasteiger partial charge in [0.15, 0.2) is 0 Å². The summed E-state index contributed by atoms with van der Waals surface area (Å²) in [6.45, 7) is 0.986. The van der Waals surface area contributed by atoms with Crippen LogP contribution >= 0.6 is 0 Å². The molecule has 116 valence electrons. The van der Waals surface area contributed by atoms with Crippen molar-refractivity contribution in [1.82, 2.24) is 9.88 Å². The number of aromatic nitrogens is 1. The van der Waals surface area contributed by atoms with Crippen LogP contribution in [0.15, 0.2) is 18.2 Å². The minimum atomic E-state index is 0.653. The molecular weight excluding hydrogens is 258 g/mol. The average molecular weight is 287 g/mol. The van der Waals surface area contributed by atoms with E-state index in [1.807, 2.05) is 12.1 Å². The second-order valence-electron chi connectivity index (χ2n) is 6.81. The zero-order chi connectivity index (χ0) is 14.5. The maximum Gasteiger partial charge on any atom is 0.123 e. The Kier molecular flexibility index (Phi) is 5.13. The van der Waals surface area contributed by atoms with Gasteiger partial charge in [-0.25, -0.2) is 4.98 Å². The van der Waals surface area contributed by atoms with Gasteiger partial charge in [-0.3, -0.25) is 4.90 Å². The monoisotopic (exact) mass is 287 g/mol. The number of nitrogen functional groups attached to an aromatic ring is 1. The second kappa shape index (κ2) is 7.26. The van der Waals surface area contributed by atoms with Gasteiger partial charge in [0, 0.05) is 18.6 Å². The van der Waals surface area contributed by atoms with Crippen molar-refractivity contribution in [2.24, 2.45) is 0 Å². The van der Waals surface area contributed by atoms with Crippen LogP contribution in [-0.2, 0) is 6.54 Å². The van der Waals surface area contributed by atoms with Crippen molar-refractivity contribution in [2.45, 2.75) is 82.8 Å². The quantitative estimate of drug-likeness (QED) is 0.905. The van der Waals surface area contributed by atoms with E-state index in [0.29, 0.717) is 5.82 Å². The SMILES string of the molecule is Nc1cccc(CN(C2CCCCC2)C2CCCCC2)n1. The Morgan fingerprint density at radius 1 is 0.905 bits per heavy atom. The molecule has 3 heteroatoms. The van der Waals surface area contributed by atoms with Crippen LogP contribution in [0.2, 0.25) is 0 Å². The molecule has 21 heavy (non-hydrogen) atoms. The summed E-state index contributed by atoms with van der Waals surface area (Å²) in [5, 5.41) is 0. The van der Waals surface area contributed by atoms with Crippen molar-refractivity contribution in [3.05, 3.63) is 23.9 Å². The molecule has 0 unspecified atom stereocenters. The van der Waals surface area contributed by atoms with Crippen LogP contribution in [0.25, 0.3) is 0 Å². The van der Waals surface area contributed by atoms with Crippen LogP contribution in [-0.4, -0.2) is 22.0 Å². The number of nitrogens with two attached hydrogens (primary N) is 1. The molecule has 0 aromatic carbocycles. The summed E-state index contributed by atoms with van der Waals surface area (Å²) in [5.41, 5.74) is 7.01. The molecule has 0 radical (unpaired) electrons. The van der Waals surface area contributed by atoms with Crippen molar-refractivity contribution in [2.75, 3.05) is 5.73 Å². The Bertz CT molecular complexity index is 416.